The van der Waals surface area contributed by atoms with Gasteiger partial charge < -0.3 is 15.2 Å². The molecule has 1 aromatic carbocycles. The molecule has 0 spiro atoms. The molecule has 0 bridgehead atoms. The quantitative estimate of drug-likeness (QED) is 0.807. The molecule has 2 N–H and O–H groups in total. The number of halogens is 2. The molecule has 1 amide bonds. The van der Waals surface area contributed by atoms with Crippen molar-refractivity contribution >= 4 is 29.3 Å². The highest BCUT2D eigenvalue weighted by molar-refractivity contribution is 6.42. The third kappa shape index (κ3) is 5.01. The van der Waals surface area contributed by atoms with Crippen LogP contribution >= 0.6 is 23.2 Å². The Hall–Kier alpha value is -0.970. The van der Waals surface area contributed by atoms with Crippen molar-refractivity contribution in [3.63, 3.8) is 0 Å². The molecule has 0 radical (unpaired) electrons. The fraction of sp³-hybridized carbons (Fsp3) is 0.611. The van der Waals surface area contributed by atoms with Gasteiger partial charge in [0.05, 0.1) is 16.1 Å². The van der Waals surface area contributed by atoms with Crippen molar-refractivity contribution in [3.05, 3.63) is 33.8 Å². The maximum atomic E-state index is 12.0. The minimum absolute atomic E-state index is 0.372. The molecular formula is C18H25Cl2NO3. The summed E-state index contributed by atoms with van der Waals surface area (Å²) < 4.78 is 5.32. The van der Waals surface area contributed by atoms with Gasteiger partial charge in [-0.3, -0.25) is 0 Å². The molecule has 1 saturated carbocycles. The molecule has 134 valence electrons. The number of amides is 1. The number of carbonyl (C=O) groups excluding carboxylic acids is 1. The molecule has 0 heterocycles. The molecule has 1 unspecified atom stereocenters. The van der Waals surface area contributed by atoms with Gasteiger partial charge in [-0.2, -0.15) is 0 Å². The van der Waals surface area contributed by atoms with Gasteiger partial charge in [0, 0.05) is 12.0 Å². The monoisotopic (exact) mass is 373 g/mol. The summed E-state index contributed by atoms with van der Waals surface area (Å²) in [6.07, 6.45) is 2.24. The highest BCUT2D eigenvalue weighted by Crippen LogP contribution is 2.41. The minimum Gasteiger partial charge on any atom is -0.444 e. The SMILES string of the molecule is CC(C)(C)OC(=O)NCC1(c2ccc(Cl)c(Cl)c2)CCC[C@@H](O)C1. The Labute approximate surface area is 153 Å². The first-order valence-corrected chi connectivity index (χ1v) is 8.97. The van der Waals surface area contributed by atoms with Gasteiger partial charge in [-0.15, -0.1) is 0 Å². The van der Waals surface area contributed by atoms with E-state index in [1.54, 1.807) is 6.07 Å². The molecule has 24 heavy (non-hydrogen) atoms. The van der Waals surface area contributed by atoms with E-state index in [9.17, 15) is 9.90 Å². The van der Waals surface area contributed by atoms with E-state index in [2.05, 4.69) is 5.32 Å². The summed E-state index contributed by atoms with van der Waals surface area (Å²) in [5.74, 6) is 0. The number of aliphatic hydroxyl groups excluding tert-OH is 1. The number of rotatable bonds is 3. The summed E-state index contributed by atoms with van der Waals surface area (Å²) in [6.45, 7) is 5.86. The molecule has 4 nitrogen and oxygen atoms in total. The van der Waals surface area contributed by atoms with Gasteiger partial charge in [-0.1, -0.05) is 29.3 Å². The molecule has 1 aliphatic carbocycles. The van der Waals surface area contributed by atoms with E-state index < -0.39 is 17.8 Å². The number of hydrogen-bond acceptors (Lipinski definition) is 3. The largest absolute Gasteiger partial charge is 0.444 e. The summed E-state index contributed by atoms with van der Waals surface area (Å²) in [5, 5.41) is 14.0. The van der Waals surface area contributed by atoms with Crippen molar-refractivity contribution in [2.24, 2.45) is 0 Å². The zero-order chi connectivity index (χ0) is 18.0. The average Bonchev–Trinajstić information content (AvgIpc) is 2.46. The number of nitrogens with one attached hydrogen (secondary N) is 1. The van der Waals surface area contributed by atoms with Crippen LogP contribution in [0.4, 0.5) is 4.79 Å². The topological polar surface area (TPSA) is 58.6 Å². The number of benzene rings is 1. The summed E-state index contributed by atoms with van der Waals surface area (Å²) in [4.78, 5) is 12.0. The second-order valence-corrected chi connectivity index (χ2v) is 8.33. The van der Waals surface area contributed by atoms with Crippen molar-refractivity contribution in [3.8, 4) is 0 Å². The van der Waals surface area contributed by atoms with Crippen LogP contribution in [0.15, 0.2) is 18.2 Å². The van der Waals surface area contributed by atoms with Gasteiger partial charge in [0.1, 0.15) is 5.60 Å². The Morgan fingerprint density at radius 1 is 1.38 bits per heavy atom. The highest BCUT2D eigenvalue weighted by atomic mass is 35.5. The van der Waals surface area contributed by atoms with Gasteiger partial charge in [0.2, 0.25) is 0 Å². The Morgan fingerprint density at radius 2 is 2.08 bits per heavy atom. The molecule has 1 fully saturated rings. The van der Waals surface area contributed by atoms with Crippen LogP contribution in [0.3, 0.4) is 0 Å². The van der Waals surface area contributed by atoms with Gasteiger partial charge in [0.15, 0.2) is 0 Å². The van der Waals surface area contributed by atoms with Crippen LogP contribution in [-0.4, -0.2) is 29.4 Å². The fourth-order valence-corrected chi connectivity index (χ4v) is 3.54. The van der Waals surface area contributed by atoms with E-state index in [4.69, 9.17) is 27.9 Å². The molecular weight excluding hydrogens is 349 g/mol. The van der Waals surface area contributed by atoms with Gasteiger partial charge in [-0.25, -0.2) is 4.79 Å². The molecule has 2 rings (SSSR count). The van der Waals surface area contributed by atoms with Gasteiger partial charge >= 0.3 is 6.09 Å². The van der Waals surface area contributed by atoms with Crippen LogP contribution in [0.25, 0.3) is 0 Å². The fourth-order valence-electron chi connectivity index (χ4n) is 3.24. The third-order valence-corrected chi connectivity index (χ3v) is 5.06. The van der Waals surface area contributed by atoms with Crippen LogP contribution in [-0.2, 0) is 10.2 Å². The Kier molecular flexibility index (Phi) is 6.05. The Morgan fingerprint density at radius 3 is 2.67 bits per heavy atom. The zero-order valence-corrected chi connectivity index (χ0v) is 15.9. The summed E-state index contributed by atoms with van der Waals surface area (Å²) in [7, 11) is 0. The number of aliphatic hydroxyl groups is 1. The van der Waals surface area contributed by atoms with Crippen LogP contribution in [0.5, 0.6) is 0 Å². The van der Waals surface area contributed by atoms with Crippen molar-refractivity contribution < 1.29 is 14.6 Å². The van der Waals surface area contributed by atoms with E-state index in [-0.39, 0.29) is 5.41 Å². The summed E-state index contributed by atoms with van der Waals surface area (Å²) in [5.41, 5.74) is 0.0575. The summed E-state index contributed by atoms with van der Waals surface area (Å²) in [6, 6.07) is 5.51. The normalized spacial score (nSPS) is 24.5. The standard InChI is InChI=1S/C18H25Cl2NO3/c1-17(2,3)24-16(23)21-11-18(8-4-5-13(22)10-18)12-6-7-14(19)15(20)9-12/h6-7,9,13,22H,4-5,8,10-11H2,1-3H3,(H,21,23)/t13-,18?/m1/s1. The maximum absolute atomic E-state index is 12.0. The maximum Gasteiger partial charge on any atom is 0.407 e. The van der Waals surface area contributed by atoms with Crippen molar-refractivity contribution in [1.29, 1.82) is 0 Å². The van der Waals surface area contributed by atoms with E-state index in [0.29, 0.717) is 23.0 Å². The average molecular weight is 374 g/mol. The lowest BCUT2D eigenvalue weighted by Crippen LogP contribution is -2.46. The van der Waals surface area contributed by atoms with Crippen LogP contribution < -0.4 is 5.32 Å². The van der Waals surface area contributed by atoms with E-state index in [0.717, 1.165) is 24.8 Å². The zero-order valence-electron chi connectivity index (χ0n) is 14.4. The first-order chi connectivity index (χ1) is 11.1. The molecule has 0 aromatic heterocycles. The van der Waals surface area contributed by atoms with Crippen LogP contribution in [0.1, 0.15) is 52.0 Å². The second kappa shape index (κ2) is 7.51. The molecule has 6 heteroatoms. The molecule has 1 aliphatic rings. The van der Waals surface area contributed by atoms with Gasteiger partial charge in [-0.05, 0) is 64.2 Å². The number of alkyl carbamates (subject to hydrolysis) is 1. The van der Waals surface area contributed by atoms with E-state index >= 15 is 0 Å². The second-order valence-electron chi connectivity index (χ2n) is 7.51. The van der Waals surface area contributed by atoms with Gasteiger partial charge in [0.25, 0.3) is 0 Å². The third-order valence-electron chi connectivity index (χ3n) is 4.32. The van der Waals surface area contributed by atoms with Crippen LogP contribution in [0.2, 0.25) is 10.0 Å². The van der Waals surface area contributed by atoms with Crippen molar-refractivity contribution in [2.45, 2.75) is 63.6 Å². The first-order valence-electron chi connectivity index (χ1n) is 8.22. The lowest BCUT2D eigenvalue weighted by molar-refractivity contribution is 0.0464. The Balaban J connectivity index is 2.21. The lowest BCUT2D eigenvalue weighted by atomic mass is 9.68. The highest BCUT2D eigenvalue weighted by Gasteiger charge is 2.38. The molecule has 1 aromatic rings. The Bertz CT molecular complexity index is 600. The predicted molar refractivity (Wildman–Crippen MR) is 96.9 cm³/mol. The molecule has 2 atom stereocenters. The number of ether oxygens (including phenoxy) is 1. The van der Waals surface area contributed by atoms with Crippen LogP contribution in [0, 0.1) is 0 Å². The molecule has 0 saturated heterocycles. The van der Waals surface area contributed by atoms with E-state index in [1.165, 1.54) is 0 Å². The van der Waals surface area contributed by atoms with Crippen molar-refractivity contribution in [2.75, 3.05) is 6.54 Å². The summed E-state index contributed by atoms with van der Waals surface area (Å²) >= 11 is 12.2. The lowest BCUT2D eigenvalue weighted by Gasteiger charge is -2.40. The predicted octanol–water partition coefficient (Wildman–Crippen LogP) is 4.69. The number of hydrogen-bond donors (Lipinski definition) is 2. The van der Waals surface area contributed by atoms with Crippen molar-refractivity contribution in [1.82, 2.24) is 5.32 Å². The minimum atomic E-state index is -0.549. The van der Waals surface area contributed by atoms with E-state index in [1.807, 2.05) is 32.9 Å². The smallest absolute Gasteiger partial charge is 0.407 e. The molecule has 0 aliphatic heterocycles. The first kappa shape index (κ1) is 19.4. The number of carbonyl (C=O) groups is 1.